The van der Waals surface area contributed by atoms with Crippen molar-refractivity contribution in [2.45, 2.75) is 20.3 Å². The first-order chi connectivity index (χ1) is 5.74. The average molecular weight is 248 g/mol. The van der Waals surface area contributed by atoms with Gasteiger partial charge >= 0.3 is 0 Å². The van der Waals surface area contributed by atoms with Gasteiger partial charge in [-0.2, -0.15) is 0 Å². The molecule has 0 aromatic carbocycles. The predicted molar refractivity (Wildman–Crippen MR) is 57.9 cm³/mol. The Kier molecular flexibility index (Phi) is 4.22. The number of nitrogens with zero attached hydrogens (tertiary/aromatic N) is 1. The lowest BCUT2D eigenvalue weighted by molar-refractivity contribution is 0.429. The molecule has 0 aliphatic heterocycles. The van der Waals surface area contributed by atoms with E-state index in [9.17, 15) is 0 Å². The van der Waals surface area contributed by atoms with Crippen LogP contribution in [0.15, 0.2) is 11.7 Å². The van der Waals surface area contributed by atoms with E-state index in [1.54, 1.807) is 11.3 Å². The van der Waals surface area contributed by atoms with Crippen LogP contribution >= 0.6 is 27.3 Å². The quantitative estimate of drug-likeness (QED) is 0.744. The van der Waals surface area contributed by atoms with E-state index >= 15 is 0 Å². The highest BCUT2D eigenvalue weighted by Gasteiger charge is 2.12. The number of hydrogen-bond acceptors (Lipinski definition) is 2. The monoisotopic (exact) mass is 247 g/mol. The van der Waals surface area contributed by atoms with Gasteiger partial charge in [0, 0.05) is 16.4 Å². The summed E-state index contributed by atoms with van der Waals surface area (Å²) in [5.41, 5.74) is 1.90. The van der Waals surface area contributed by atoms with Gasteiger partial charge in [-0.3, -0.25) is 4.98 Å². The molecule has 0 radical (unpaired) electrons. The summed E-state index contributed by atoms with van der Waals surface area (Å²) < 4.78 is 0. The van der Waals surface area contributed by atoms with Gasteiger partial charge in [-0.05, 0) is 18.3 Å². The summed E-state index contributed by atoms with van der Waals surface area (Å²) in [6.45, 7) is 4.54. The van der Waals surface area contributed by atoms with Crippen molar-refractivity contribution >= 4 is 27.3 Å². The highest BCUT2D eigenvalue weighted by atomic mass is 79.9. The van der Waals surface area contributed by atoms with Crippen molar-refractivity contribution in [3.63, 3.8) is 0 Å². The third kappa shape index (κ3) is 2.87. The summed E-state index contributed by atoms with van der Waals surface area (Å²) in [4.78, 5) is 5.47. The van der Waals surface area contributed by atoms with Crippen LogP contribution in [0.2, 0.25) is 0 Å². The van der Waals surface area contributed by atoms with Gasteiger partial charge in [-0.1, -0.05) is 29.8 Å². The van der Waals surface area contributed by atoms with Crippen molar-refractivity contribution < 1.29 is 0 Å². The number of halogens is 1. The molecule has 1 aromatic heterocycles. The smallest absolute Gasteiger partial charge is 0.0794 e. The molecule has 0 amide bonds. The molecule has 12 heavy (non-hydrogen) atoms. The highest BCUT2D eigenvalue weighted by Crippen LogP contribution is 2.20. The Morgan fingerprint density at radius 1 is 1.58 bits per heavy atom. The van der Waals surface area contributed by atoms with E-state index in [4.69, 9.17) is 0 Å². The zero-order valence-electron chi connectivity index (χ0n) is 7.46. The molecule has 1 aromatic rings. The second-order valence-corrected chi connectivity index (χ2v) is 4.95. The zero-order chi connectivity index (χ0) is 8.97. The standard InChI is InChI=1S/C9H14BrNS/c1-7(2)8(4-10)3-9-5-11-6-12-9/h5-8H,3-4H2,1-2H3. The molecule has 0 aliphatic carbocycles. The third-order valence-electron chi connectivity index (χ3n) is 2.09. The summed E-state index contributed by atoms with van der Waals surface area (Å²) in [5, 5.41) is 1.09. The van der Waals surface area contributed by atoms with E-state index in [1.807, 2.05) is 11.7 Å². The minimum Gasteiger partial charge on any atom is -0.253 e. The number of aromatic nitrogens is 1. The first-order valence-corrected chi connectivity index (χ1v) is 6.17. The Labute approximate surface area is 86.3 Å². The van der Waals surface area contributed by atoms with Crippen LogP contribution in [-0.2, 0) is 6.42 Å². The molecule has 1 unspecified atom stereocenters. The number of rotatable bonds is 4. The largest absolute Gasteiger partial charge is 0.253 e. The second-order valence-electron chi connectivity index (χ2n) is 3.33. The van der Waals surface area contributed by atoms with E-state index in [2.05, 4.69) is 34.8 Å². The molecular formula is C9H14BrNS. The summed E-state index contributed by atoms with van der Waals surface area (Å²) in [7, 11) is 0. The lowest BCUT2D eigenvalue weighted by Crippen LogP contribution is -2.12. The Hall–Kier alpha value is 0.110. The van der Waals surface area contributed by atoms with E-state index in [1.165, 1.54) is 4.88 Å². The molecule has 0 saturated heterocycles. The fraction of sp³-hybridized carbons (Fsp3) is 0.667. The van der Waals surface area contributed by atoms with Gasteiger partial charge in [0.2, 0.25) is 0 Å². The van der Waals surface area contributed by atoms with Crippen LogP contribution in [0.3, 0.4) is 0 Å². The van der Waals surface area contributed by atoms with Gasteiger partial charge in [0.05, 0.1) is 5.51 Å². The van der Waals surface area contributed by atoms with Gasteiger partial charge in [0.1, 0.15) is 0 Å². The Balaban J connectivity index is 2.48. The van der Waals surface area contributed by atoms with Gasteiger partial charge in [-0.25, -0.2) is 0 Å². The lowest BCUT2D eigenvalue weighted by Gasteiger charge is -2.16. The number of hydrogen-bond donors (Lipinski definition) is 0. The second kappa shape index (κ2) is 4.97. The van der Waals surface area contributed by atoms with Gasteiger partial charge < -0.3 is 0 Å². The summed E-state index contributed by atoms with van der Waals surface area (Å²) >= 11 is 5.30. The van der Waals surface area contributed by atoms with Crippen LogP contribution in [-0.4, -0.2) is 10.3 Å². The molecule has 1 atom stereocenters. The van der Waals surface area contributed by atoms with Crippen molar-refractivity contribution in [3.8, 4) is 0 Å². The highest BCUT2D eigenvalue weighted by molar-refractivity contribution is 9.09. The van der Waals surface area contributed by atoms with E-state index in [-0.39, 0.29) is 0 Å². The van der Waals surface area contributed by atoms with Crippen LogP contribution in [0, 0.1) is 11.8 Å². The first kappa shape index (κ1) is 10.2. The molecular weight excluding hydrogens is 234 g/mol. The van der Waals surface area contributed by atoms with Gasteiger partial charge in [-0.15, -0.1) is 11.3 Å². The molecule has 1 nitrogen and oxygen atoms in total. The van der Waals surface area contributed by atoms with E-state index in [0.29, 0.717) is 0 Å². The summed E-state index contributed by atoms with van der Waals surface area (Å²) in [6, 6.07) is 0. The minimum atomic E-state index is 0.741. The topological polar surface area (TPSA) is 12.9 Å². The van der Waals surface area contributed by atoms with E-state index in [0.717, 1.165) is 23.6 Å². The number of thiazole rings is 1. The maximum atomic E-state index is 4.07. The van der Waals surface area contributed by atoms with Crippen molar-refractivity contribution in [3.05, 3.63) is 16.6 Å². The van der Waals surface area contributed by atoms with Crippen molar-refractivity contribution in [2.24, 2.45) is 11.8 Å². The molecule has 0 N–H and O–H groups in total. The van der Waals surface area contributed by atoms with Crippen LogP contribution in [0.25, 0.3) is 0 Å². The van der Waals surface area contributed by atoms with Crippen molar-refractivity contribution in [2.75, 3.05) is 5.33 Å². The maximum Gasteiger partial charge on any atom is 0.0794 e. The maximum absolute atomic E-state index is 4.07. The summed E-state index contributed by atoms with van der Waals surface area (Å²) in [6.07, 6.45) is 3.14. The number of alkyl halides is 1. The molecule has 1 rings (SSSR count). The normalized spacial score (nSPS) is 13.7. The molecule has 0 fully saturated rings. The molecule has 68 valence electrons. The summed E-state index contributed by atoms with van der Waals surface area (Å²) in [5.74, 6) is 1.48. The molecule has 0 bridgehead atoms. The minimum absolute atomic E-state index is 0.741. The Morgan fingerprint density at radius 2 is 2.33 bits per heavy atom. The third-order valence-corrected chi connectivity index (χ3v) is 3.72. The molecule has 3 heteroatoms. The fourth-order valence-corrected chi connectivity index (χ4v) is 2.74. The van der Waals surface area contributed by atoms with Gasteiger partial charge in [0.15, 0.2) is 0 Å². The van der Waals surface area contributed by atoms with Crippen molar-refractivity contribution in [1.82, 2.24) is 4.98 Å². The fourth-order valence-electron chi connectivity index (χ4n) is 1.07. The SMILES string of the molecule is CC(C)C(CBr)Cc1cncs1. The van der Waals surface area contributed by atoms with Crippen molar-refractivity contribution in [1.29, 1.82) is 0 Å². The molecule has 0 spiro atoms. The van der Waals surface area contributed by atoms with Crippen LogP contribution in [0.5, 0.6) is 0 Å². The Morgan fingerprint density at radius 3 is 2.75 bits per heavy atom. The molecule has 0 saturated carbocycles. The van der Waals surface area contributed by atoms with Gasteiger partial charge in [0.25, 0.3) is 0 Å². The first-order valence-electron chi connectivity index (χ1n) is 4.17. The van der Waals surface area contributed by atoms with Crippen LogP contribution in [0.4, 0.5) is 0 Å². The zero-order valence-corrected chi connectivity index (χ0v) is 9.86. The average Bonchev–Trinajstić information content (AvgIpc) is 2.51. The predicted octanol–water partition coefficient (Wildman–Crippen LogP) is 3.35. The molecule has 1 heterocycles. The lowest BCUT2D eigenvalue weighted by atomic mass is 9.94. The Bertz CT molecular complexity index is 208. The van der Waals surface area contributed by atoms with Crippen LogP contribution in [0.1, 0.15) is 18.7 Å². The molecule has 0 aliphatic rings. The van der Waals surface area contributed by atoms with E-state index < -0.39 is 0 Å². The van der Waals surface area contributed by atoms with Crippen LogP contribution < -0.4 is 0 Å².